The zero-order valence-electron chi connectivity index (χ0n) is 61.9. The van der Waals surface area contributed by atoms with Gasteiger partial charge in [-0.2, -0.15) is 11.8 Å². The summed E-state index contributed by atoms with van der Waals surface area (Å²) in [5.74, 6) is -9.28. The number of aliphatic hydroxyl groups excluding tert-OH is 7. The molecule has 106 heavy (non-hydrogen) atoms. The van der Waals surface area contributed by atoms with E-state index in [2.05, 4.69) is 68.6 Å². The maximum absolute atomic E-state index is 15.4. The molecule has 0 aromatic heterocycles. The molecule has 0 aliphatic carbocycles. The average molecular weight is 1510 g/mol. The second-order valence-electron chi connectivity index (χ2n) is 28.7. The Bertz CT molecular complexity index is 3150. The van der Waals surface area contributed by atoms with Gasteiger partial charge in [0.1, 0.15) is 78.4 Å². The first kappa shape index (κ1) is 89.0. The van der Waals surface area contributed by atoms with Crippen molar-refractivity contribution >= 4 is 77.2 Å². The number of benzene rings is 2. The minimum atomic E-state index is -2.43. The number of unbranched alkanes of at least 4 members (excludes halogenated alkanes) is 5. The number of nitrogens with zero attached hydrogens (tertiary/aromatic N) is 2. The third-order valence-corrected chi connectivity index (χ3v) is 20.1. The van der Waals surface area contributed by atoms with Crippen molar-refractivity contribution in [1.82, 2.24) is 57.7 Å². The number of nitrogens with one attached hydrogen (secondary N) is 9. The van der Waals surface area contributed by atoms with E-state index < -0.39 is 201 Å². The maximum atomic E-state index is 15.4. The van der Waals surface area contributed by atoms with Crippen LogP contribution in [0.15, 0.2) is 54.6 Å². The summed E-state index contributed by atoms with van der Waals surface area (Å²) in [5, 5.41) is 115. The highest BCUT2D eigenvalue weighted by molar-refractivity contribution is 7.98. The van der Waals surface area contributed by atoms with Crippen LogP contribution in [-0.2, 0) is 63.9 Å². The van der Waals surface area contributed by atoms with Gasteiger partial charge in [-0.25, -0.2) is 0 Å². The fourth-order valence-corrected chi connectivity index (χ4v) is 13.8. The summed E-state index contributed by atoms with van der Waals surface area (Å²) in [6.07, 6.45) is -7.21. The second kappa shape index (κ2) is 45.3. The van der Waals surface area contributed by atoms with Crippen LogP contribution in [0, 0.1) is 17.8 Å². The molecule has 32 nitrogen and oxygen atoms in total. The number of hydrogen-bond acceptors (Lipinski definition) is 22. The van der Waals surface area contributed by atoms with Crippen molar-refractivity contribution in [2.45, 2.75) is 254 Å². The Hall–Kier alpha value is -7.60. The van der Waals surface area contributed by atoms with Crippen LogP contribution < -0.4 is 53.6 Å². The molecule has 2 aromatic carbocycles. The monoisotopic (exact) mass is 1510 g/mol. The van der Waals surface area contributed by atoms with Gasteiger partial charge in [0.2, 0.25) is 65.5 Å². The topological polar surface area (TPSA) is 500 Å². The summed E-state index contributed by atoms with van der Waals surface area (Å²) in [4.78, 5) is 159. The number of amides is 11. The standard InChI is InChI=1S/C73H116N12O20S/c1-8-42(4)35-43(5)18-14-11-9-10-12-17-21-57(93)77-52-38-56(92)71(105-32-29-74)83-70(102)61-55(91)27-31-84(61)73(104)59(54(90)26-30-75-64(96)51(36-45-19-15-13-16-20-45)79-66(98)50(34-41(2)3)78-65(97)49(76-40-86)28-33-106-7)81-69(101)60(63(95)62(94)46-22-24-47(88)25-23-46)82-68(100)53-37-48(89)39-85(53)72(103)58(44(6)87)80-67(52)99/h13,15-16,19-20,22-25,40-44,48-56,58-63,71,87-92,94-95H,8-12,14,17-18,21,26-39,74H2,1-7H3,(H,75,96)(H,76,86)(H,77,93)(H,78,97)(H,79,98)(H,80,99)(H,81,101)(H,82,100)(H,83,102)/t42-,43+,44+,48+,49-,50-,51-,52+,53-,54+,55-,56+,58-,59-,60-,61-,62-,63-,71+/m0/s1. The summed E-state index contributed by atoms with van der Waals surface area (Å²) in [6.45, 7) is 9.21. The van der Waals surface area contributed by atoms with Gasteiger partial charge in [-0.05, 0) is 98.5 Å². The van der Waals surface area contributed by atoms with Gasteiger partial charge in [0.25, 0.3) is 0 Å². The maximum Gasteiger partial charge on any atom is 0.248 e. The molecule has 19 N–H and O–H groups in total. The van der Waals surface area contributed by atoms with E-state index in [1.807, 2.05) is 20.1 Å². The number of nitrogens with two attached hydrogens (primary N) is 1. The predicted molar refractivity (Wildman–Crippen MR) is 392 cm³/mol. The first-order valence-corrected chi connectivity index (χ1v) is 38.4. The fraction of sp³-hybridized carbons (Fsp3) is 0.685. The number of carbonyl (C=O) groups excluding carboxylic acids is 11. The summed E-state index contributed by atoms with van der Waals surface area (Å²) in [6, 6.07) is -2.64. The van der Waals surface area contributed by atoms with Crippen LogP contribution >= 0.6 is 11.8 Å². The van der Waals surface area contributed by atoms with E-state index in [-0.39, 0.29) is 62.5 Å². The lowest BCUT2D eigenvalue weighted by atomic mass is 9.91. The molecule has 0 unspecified atom stereocenters. The van der Waals surface area contributed by atoms with Gasteiger partial charge in [0, 0.05) is 51.9 Å². The third-order valence-electron chi connectivity index (χ3n) is 19.5. The first-order valence-electron chi connectivity index (χ1n) is 37.0. The highest BCUT2D eigenvalue weighted by Crippen LogP contribution is 2.28. The molecular weight excluding hydrogens is 1400 g/mol. The third kappa shape index (κ3) is 27.9. The van der Waals surface area contributed by atoms with Crippen molar-refractivity contribution in [3.63, 3.8) is 0 Å². The normalized spacial score (nSPS) is 24.7. The molecule has 3 heterocycles. The summed E-state index contributed by atoms with van der Waals surface area (Å²) in [5.41, 5.74) is 6.26. The SMILES string of the molecule is CC[C@H](C)C[C@H](C)CCCCCCCCC(=O)N[C@@H]1C[C@@H](O)[C@@H](OCCN)NC(=O)[C@@H]2[C@@H](O)CCN2C(=O)[C@H]([C@H](O)CCNC(=O)[C@H](Cc2ccccc2)NC(=O)[C@H](CC(C)C)NC(=O)[C@H](CCSC)NC=O)NC(=O)[C@H]([C@H](O)[C@@H](O)c2ccc(O)cc2)NC(=O)[C@@H]2C[C@@H](O)CN2C(=O)[C@H]([C@@H](C)O)NC1=O. The zero-order chi connectivity index (χ0) is 78.3. The molecule has 2 aromatic rings. The van der Waals surface area contributed by atoms with E-state index in [1.165, 1.54) is 30.3 Å². The molecule has 3 saturated heterocycles. The number of rotatable bonds is 38. The van der Waals surface area contributed by atoms with Crippen molar-refractivity contribution in [2.75, 3.05) is 44.8 Å². The van der Waals surface area contributed by atoms with E-state index >= 15 is 9.59 Å². The fourth-order valence-electron chi connectivity index (χ4n) is 13.4. The van der Waals surface area contributed by atoms with Gasteiger partial charge in [-0.1, -0.05) is 122 Å². The van der Waals surface area contributed by atoms with E-state index in [4.69, 9.17) is 10.5 Å². The molecule has 19 atom stereocenters. The number of phenolic OH excluding ortho intramolecular Hbond substituents is 1. The van der Waals surface area contributed by atoms with Gasteiger partial charge in [-0.15, -0.1) is 0 Å². The lowest BCUT2D eigenvalue weighted by molar-refractivity contribution is -0.150. The van der Waals surface area contributed by atoms with Crippen molar-refractivity contribution < 1.29 is 98.3 Å². The lowest BCUT2D eigenvalue weighted by Gasteiger charge is -2.35. The molecule has 3 fully saturated rings. The number of aliphatic hydroxyl groups is 7. The van der Waals surface area contributed by atoms with Crippen molar-refractivity contribution in [3.8, 4) is 5.75 Å². The number of ether oxygens (including phenoxy) is 1. The van der Waals surface area contributed by atoms with E-state index in [0.717, 1.165) is 67.4 Å². The molecular formula is C73H116N12O20S. The van der Waals surface area contributed by atoms with E-state index in [9.17, 15) is 84.0 Å². The Morgan fingerprint density at radius 2 is 1.32 bits per heavy atom. The average Bonchev–Trinajstić information content (AvgIpc) is 1.62. The molecule has 3 aliphatic heterocycles. The number of fused-ring (bicyclic) bond motifs is 2. The molecule has 0 saturated carbocycles. The van der Waals surface area contributed by atoms with Crippen LogP contribution in [0.3, 0.4) is 0 Å². The second-order valence-corrected chi connectivity index (χ2v) is 29.7. The highest BCUT2D eigenvalue weighted by Gasteiger charge is 2.49. The largest absolute Gasteiger partial charge is 0.508 e. The molecule has 0 spiro atoms. The first-order chi connectivity index (χ1) is 50.4. The number of phenols is 1. The van der Waals surface area contributed by atoms with Crippen LogP contribution in [0.25, 0.3) is 0 Å². The van der Waals surface area contributed by atoms with E-state index in [1.54, 1.807) is 30.3 Å². The molecule has 0 radical (unpaired) electrons. The van der Waals surface area contributed by atoms with Crippen LogP contribution in [0.5, 0.6) is 5.75 Å². The Labute approximate surface area is 624 Å². The number of thioether (sulfide) groups is 1. The number of aromatic hydroxyl groups is 1. The molecule has 5 rings (SSSR count). The van der Waals surface area contributed by atoms with Crippen LogP contribution in [-0.4, -0.2) is 258 Å². The van der Waals surface area contributed by atoms with E-state index in [0.29, 0.717) is 42.4 Å². The van der Waals surface area contributed by atoms with Crippen molar-refractivity contribution in [1.29, 1.82) is 0 Å². The van der Waals surface area contributed by atoms with Gasteiger partial charge < -0.3 is 109 Å². The van der Waals surface area contributed by atoms with Crippen molar-refractivity contribution in [3.05, 3.63) is 65.7 Å². The lowest BCUT2D eigenvalue weighted by Crippen LogP contribution is -2.64. The van der Waals surface area contributed by atoms with Crippen LogP contribution in [0.4, 0.5) is 0 Å². The highest BCUT2D eigenvalue weighted by atomic mass is 32.2. The minimum absolute atomic E-state index is 0.0928. The quantitative estimate of drug-likeness (QED) is 0.0266. The van der Waals surface area contributed by atoms with Gasteiger partial charge in [0.15, 0.2) is 6.23 Å². The Kier molecular flexibility index (Phi) is 38.0. The Morgan fingerprint density at radius 3 is 1.96 bits per heavy atom. The zero-order valence-corrected chi connectivity index (χ0v) is 62.8. The number of carbonyl (C=O) groups is 11. The van der Waals surface area contributed by atoms with Gasteiger partial charge >= 0.3 is 0 Å². The summed E-state index contributed by atoms with van der Waals surface area (Å²) >= 11 is 1.44. The van der Waals surface area contributed by atoms with Gasteiger partial charge in [-0.3, -0.25) is 52.7 Å². The summed E-state index contributed by atoms with van der Waals surface area (Å²) in [7, 11) is 0. The predicted octanol–water partition coefficient (Wildman–Crippen LogP) is -1.60. The molecule has 3 aliphatic rings. The Balaban J connectivity index is 1.54. The molecule has 0 bridgehead atoms. The Morgan fingerprint density at radius 1 is 0.689 bits per heavy atom. The van der Waals surface area contributed by atoms with Crippen LogP contribution in [0.2, 0.25) is 0 Å². The summed E-state index contributed by atoms with van der Waals surface area (Å²) < 4.78 is 5.83. The van der Waals surface area contributed by atoms with Crippen LogP contribution in [0.1, 0.15) is 162 Å². The van der Waals surface area contributed by atoms with Crippen molar-refractivity contribution in [2.24, 2.45) is 23.5 Å². The van der Waals surface area contributed by atoms with Gasteiger partial charge in [0.05, 0.1) is 31.0 Å². The molecule has 11 amide bonds. The minimum Gasteiger partial charge on any atom is -0.508 e. The smallest absolute Gasteiger partial charge is 0.248 e. The molecule has 594 valence electrons. The number of hydrogen-bond donors (Lipinski definition) is 18. The molecule has 33 heteroatoms.